The number of aliphatic hydroxyl groups excluding tert-OH is 4. The number of hydrogen-bond acceptors (Lipinski definition) is 10. The highest BCUT2D eigenvalue weighted by atomic mass is 16.6. The average molecular weight is 384 g/mol. The highest BCUT2D eigenvalue weighted by Gasteiger charge is 2.22. The Bertz CT molecular complexity index is 697. The number of esters is 3. The van der Waals surface area contributed by atoms with Crippen molar-refractivity contribution in [1.29, 1.82) is 0 Å². The second kappa shape index (κ2) is 11.0. The fourth-order valence-electron chi connectivity index (χ4n) is 1.65. The summed E-state index contributed by atoms with van der Waals surface area (Å²) in [5, 5.41) is 36.1. The topological polar surface area (TPSA) is 160 Å². The van der Waals surface area contributed by atoms with Crippen LogP contribution in [-0.4, -0.2) is 70.4 Å². The molecule has 0 radical (unpaired) electrons. The first-order valence-corrected chi connectivity index (χ1v) is 7.82. The molecule has 2 atom stereocenters. The Morgan fingerprint density at radius 1 is 1.00 bits per heavy atom. The van der Waals surface area contributed by atoms with E-state index in [-0.39, 0.29) is 18.1 Å². The second-order valence-corrected chi connectivity index (χ2v) is 5.03. The summed E-state index contributed by atoms with van der Waals surface area (Å²) >= 11 is 0. The van der Waals surface area contributed by atoms with Crippen molar-refractivity contribution in [3.63, 3.8) is 0 Å². The first-order chi connectivity index (χ1) is 12.8. The van der Waals surface area contributed by atoms with Crippen molar-refractivity contribution in [2.75, 3.05) is 19.8 Å². The molecule has 10 heteroatoms. The lowest BCUT2D eigenvalue weighted by Gasteiger charge is -2.14. The van der Waals surface area contributed by atoms with Crippen LogP contribution in [0.15, 0.2) is 24.3 Å². The normalized spacial score (nSPS) is 13.1. The van der Waals surface area contributed by atoms with Crippen molar-refractivity contribution >= 4 is 24.0 Å². The molecule has 0 aromatic heterocycles. The van der Waals surface area contributed by atoms with Crippen molar-refractivity contribution in [2.24, 2.45) is 0 Å². The van der Waals surface area contributed by atoms with Gasteiger partial charge in [0.1, 0.15) is 0 Å². The minimum absolute atomic E-state index is 0.188. The highest BCUT2D eigenvalue weighted by molar-refractivity contribution is 5.87. The maximum absolute atomic E-state index is 11.7. The van der Waals surface area contributed by atoms with E-state index in [9.17, 15) is 24.6 Å². The van der Waals surface area contributed by atoms with Gasteiger partial charge in [-0.1, -0.05) is 6.07 Å². The molecule has 2 unspecified atom stereocenters. The van der Waals surface area contributed by atoms with Gasteiger partial charge < -0.3 is 34.6 Å². The molecule has 0 spiro atoms. The van der Waals surface area contributed by atoms with Gasteiger partial charge in [0.05, 0.1) is 19.8 Å². The predicted molar refractivity (Wildman–Crippen MR) is 89.6 cm³/mol. The molecule has 148 valence electrons. The summed E-state index contributed by atoms with van der Waals surface area (Å²) in [5.74, 6) is -3.64. The molecule has 0 bridgehead atoms. The van der Waals surface area contributed by atoms with E-state index >= 15 is 0 Å². The smallest absolute Gasteiger partial charge is 0.342 e. The van der Waals surface area contributed by atoms with Crippen molar-refractivity contribution in [3.8, 4) is 11.5 Å². The van der Waals surface area contributed by atoms with Gasteiger partial charge in [-0.05, 0) is 30.7 Å². The zero-order valence-electron chi connectivity index (χ0n) is 14.4. The lowest BCUT2D eigenvalue weighted by atomic mass is 10.2. The number of ether oxygens (including phenoxy) is 3. The Morgan fingerprint density at radius 3 is 2.07 bits per heavy atom. The molecular formula is C17H20O10. The zero-order valence-corrected chi connectivity index (χ0v) is 14.4. The van der Waals surface area contributed by atoms with E-state index in [1.54, 1.807) is 6.92 Å². The van der Waals surface area contributed by atoms with Gasteiger partial charge in [-0.15, -0.1) is 0 Å². The van der Waals surface area contributed by atoms with E-state index in [4.69, 9.17) is 24.4 Å². The molecule has 4 N–H and O–H groups in total. The minimum atomic E-state index is -1.82. The van der Waals surface area contributed by atoms with Crippen molar-refractivity contribution in [1.82, 2.24) is 0 Å². The Balaban J connectivity index is 3.12. The van der Waals surface area contributed by atoms with E-state index in [1.165, 1.54) is 24.3 Å². The van der Waals surface area contributed by atoms with E-state index in [0.29, 0.717) is 5.56 Å². The van der Waals surface area contributed by atoms with Crippen molar-refractivity contribution in [3.05, 3.63) is 29.8 Å². The number of benzene rings is 1. The quantitative estimate of drug-likeness (QED) is 0.231. The molecule has 0 heterocycles. The minimum Gasteiger partial charge on any atom is -0.463 e. The van der Waals surface area contributed by atoms with E-state index < -0.39 is 43.3 Å². The zero-order chi connectivity index (χ0) is 20.4. The Hall–Kier alpha value is -2.79. The summed E-state index contributed by atoms with van der Waals surface area (Å²) in [6.45, 7) is 0.0596. The third-order valence-corrected chi connectivity index (χ3v) is 2.98. The summed E-state index contributed by atoms with van der Waals surface area (Å²) in [6, 6.07) is 3.83. The van der Waals surface area contributed by atoms with Gasteiger partial charge in [0.25, 0.3) is 0 Å². The van der Waals surface area contributed by atoms with Gasteiger partial charge in [-0.2, -0.15) is 0 Å². The molecule has 1 aromatic rings. The van der Waals surface area contributed by atoms with Crippen LogP contribution in [0.3, 0.4) is 0 Å². The van der Waals surface area contributed by atoms with Crippen LogP contribution in [0.2, 0.25) is 0 Å². The Kier molecular flexibility index (Phi) is 9.09. The fourth-order valence-corrected chi connectivity index (χ4v) is 1.65. The van der Waals surface area contributed by atoms with Gasteiger partial charge in [-0.25, -0.2) is 14.4 Å². The highest BCUT2D eigenvalue weighted by Crippen LogP contribution is 2.30. The fraction of sp³-hybridized carbons (Fsp3) is 0.353. The van der Waals surface area contributed by atoms with E-state index in [1.807, 2.05) is 0 Å². The molecular weight excluding hydrogens is 364 g/mol. The SMILES string of the molecule is CCOC(=O)C=Cc1ccc(OC(=O)C(O)CO)c(OC(=O)C(O)CO)c1. The summed E-state index contributed by atoms with van der Waals surface area (Å²) in [7, 11) is 0. The summed E-state index contributed by atoms with van der Waals surface area (Å²) in [6.07, 6.45) is -1.17. The van der Waals surface area contributed by atoms with Crippen LogP contribution in [0.25, 0.3) is 6.08 Å². The predicted octanol–water partition coefficient (Wildman–Crippen LogP) is -1.22. The lowest BCUT2D eigenvalue weighted by molar-refractivity contribution is -0.148. The molecule has 27 heavy (non-hydrogen) atoms. The lowest BCUT2D eigenvalue weighted by Crippen LogP contribution is -2.30. The van der Waals surface area contributed by atoms with Crippen LogP contribution in [0, 0.1) is 0 Å². The van der Waals surface area contributed by atoms with Crippen molar-refractivity contribution < 1.29 is 49.0 Å². The monoisotopic (exact) mass is 384 g/mol. The van der Waals surface area contributed by atoms with Crippen LogP contribution in [0.1, 0.15) is 12.5 Å². The van der Waals surface area contributed by atoms with E-state index in [2.05, 4.69) is 0 Å². The number of carbonyl (C=O) groups is 3. The molecule has 10 nitrogen and oxygen atoms in total. The van der Waals surface area contributed by atoms with Crippen LogP contribution in [0.4, 0.5) is 0 Å². The average Bonchev–Trinajstić information content (AvgIpc) is 2.66. The molecule has 0 aliphatic heterocycles. The van der Waals surface area contributed by atoms with Crippen LogP contribution in [-0.2, 0) is 19.1 Å². The number of carbonyl (C=O) groups excluding carboxylic acids is 3. The first kappa shape index (κ1) is 22.3. The van der Waals surface area contributed by atoms with Gasteiger partial charge in [0.2, 0.25) is 0 Å². The molecule has 0 saturated heterocycles. The number of rotatable bonds is 9. The van der Waals surface area contributed by atoms with Gasteiger partial charge in [0.15, 0.2) is 23.7 Å². The maximum Gasteiger partial charge on any atom is 0.342 e. The Morgan fingerprint density at radius 2 is 1.56 bits per heavy atom. The third-order valence-electron chi connectivity index (χ3n) is 2.98. The molecule has 1 rings (SSSR count). The van der Waals surface area contributed by atoms with Crippen LogP contribution < -0.4 is 9.47 Å². The summed E-state index contributed by atoms with van der Waals surface area (Å²) < 4.78 is 14.5. The second-order valence-electron chi connectivity index (χ2n) is 5.03. The van der Waals surface area contributed by atoms with Crippen molar-refractivity contribution in [2.45, 2.75) is 19.1 Å². The summed E-state index contributed by atoms with van der Waals surface area (Å²) in [4.78, 5) is 34.6. The molecule has 0 saturated carbocycles. The third kappa shape index (κ3) is 7.15. The largest absolute Gasteiger partial charge is 0.463 e. The van der Waals surface area contributed by atoms with Crippen LogP contribution in [0.5, 0.6) is 11.5 Å². The Labute approximate surface area is 154 Å². The van der Waals surface area contributed by atoms with Crippen LogP contribution >= 0.6 is 0 Å². The standard InChI is InChI=1S/C17H20O10/c1-2-25-15(22)6-4-10-3-5-13(26-16(23)11(20)8-18)14(7-10)27-17(24)12(21)9-19/h3-7,11-12,18-21H,2,8-9H2,1H3. The molecule has 0 fully saturated rings. The van der Waals surface area contributed by atoms with Gasteiger partial charge in [0, 0.05) is 6.08 Å². The maximum atomic E-state index is 11.7. The first-order valence-electron chi connectivity index (χ1n) is 7.82. The molecule has 0 aliphatic carbocycles. The van der Waals surface area contributed by atoms with E-state index in [0.717, 1.165) is 6.08 Å². The van der Waals surface area contributed by atoms with Gasteiger partial charge in [-0.3, -0.25) is 0 Å². The van der Waals surface area contributed by atoms with Gasteiger partial charge >= 0.3 is 17.9 Å². The summed E-state index contributed by atoms with van der Waals surface area (Å²) in [5.41, 5.74) is 0.354. The number of aliphatic hydroxyl groups is 4. The molecule has 0 amide bonds. The molecule has 1 aromatic carbocycles. The number of hydrogen-bond donors (Lipinski definition) is 4. The molecule has 0 aliphatic rings.